The molecule has 114 valence electrons. The zero-order chi connectivity index (χ0) is 14.8. The number of ether oxygens (including phenoxy) is 1. The van der Waals surface area contributed by atoms with E-state index in [1.807, 2.05) is 0 Å². The monoisotopic (exact) mass is 328 g/mol. The van der Waals surface area contributed by atoms with Crippen molar-refractivity contribution in [1.29, 1.82) is 0 Å². The van der Waals surface area contributed by atoms with Crippen LogP contribution in [0.1, 0.15) is 23.2 Å². The Morgan fingerprint density at radius 2 is 2.29 bits per heavy atom. The molecule has 2 fully saturated rings. The molecule has 1 N–H and O–H groups in total. The van der Waals surface area contributed by atoms with E-state index in [1.165, 1.54) is 12.8 Å². The van der Waals surface area contributed by atoms with Gasteiger partial charge >= 0.3 is 0 Å². The summed E-state index contributed by atoms with van der Waals surface area (Å²) in [5.74, 6) is -0.213. The molecule has 1 aromatic carbocycles. The molecule has 2 aliphatic heterocycles. The third-order valence-corrected chi connectivity index (χ3v) is 4.69. The average Bonchev–Trinajstić information content (AvgIpc) is 2.94. The number of amides is 1. The normalized spacial score (nSPS) is 25.6. The van der Waals surface area contributed by atoms with E-state index < -0.39 is 0 Å². The third kappa shape index (κ3) is 3.51. The molecule has 0 bridgehead atoms. The number of carbonyl (C=O) groups excluding carboxylic acids is 1. The molecular weight excluding hydrogens is 311 g/mol. The molecule has 3 rings (SSSR count). The molecule has 4 nitrogen and oxygen atoms in total. The molecule has 1 amide bonds. The quantitative estimate of drug-likeness (QED) is 0.927. The van der Waals surface area contributed by atoms with Gasteiger partial charge in [-0.05, 0) is 37.6 Å². The Labute approximate surface area is 134 Å². The van der Waals surface area contributed by atoms with Gasteiger partial charge in [0.15, 0.2) is 0 Å². The molecule has 0 spiro atoms. The first-order valence-corrected chi connectivity index (χ1v) is 7.98. The average molecular weight is 329 g/mol. The van der Waals surface area contributed by atoms with Crippen molar-refractivity contribution < 1.29 is 9.53 Å². The lowest BCUT2D eigenvalue weighted by Crippen LogP contribution is -2.50. The molecule has 2 heterocycles. The van der Waals surface area contributed by atoms with Gasteiger partial charge in [0.2, 0.25) is 0 Å². The fourth-order valence-corrected chi connectivity index (χ4v) is 3.36. The highest BCUT2D eigenvalue weighted by molar-refractivity contribution is 6.35. The molecule has 1 aromatic rings. The first kappa shape index (κ1) is 15.1. The van der Waals surface area contributed by atoms with E-state index in [-0.39, 0.29) is 12.0 Å². The van der Waals surface area contributed by atoms with Crippen LogP contribution in [-0.2, 0) is 4.74 Å². The minimum Gasteiger partial charge on any atom is -0.373 e. The zero-order valence-corrected chi connectivity index (χ0v) is 13.2. The van der Waals surface area contributed by atoms with Crippen molar-refractivity contribution in [3.05, 3.63) is 33.8 Å². The van der Waals surface area contributed by atoms with Gasteiger partial charge in [-0.15, -0.1) is 0 Å². The number of hydrogen-bond acceptors (Lipinski definition) is 3. The van der Waals surface area contributed by atoms with Crippen molar-refractivity contribution in [2.24, 2.45) is 0 Å². The second-order valence-electron chi connectivity index (χ2n) is 5.58. The smallest absolute Gasteiger partial charge is 0.252 e. The SMILES string of the molecule is O=C(NC[C@H]1CN2CCC[C@@H]2CO1)c1cc(Cl)ccc1Cl. The van der Waals surface area contributed by atoms with Crippen molar-refractivity contribution in [2.45, 2.75) is 25.0 Å². The lowest BCUT2D eigenvalue weighted by Gasteiger charge is -2.35. The van der Waals surface area contributed by atoms with Gasteiger partial charge in [-0.1, -0.05) is 23.2 Å². The summed E-state index contributed by atoms with van der Waals surface area (Å²) >= 11 is 11.9. The molecule has 2 saturated heterocycles. The van der Waals surface area contributed by atoms with Crippen LogP contribution in [0.4, 0.5) is 0 Å². The number of fused-ring (bicyclic) bond motifs is 1. The number of hydrogen-bond donors (Lipinski definition) is 1. The fraction of sp³-hybridized carbons (Fsp3) is 0.533. The van der Waals surface area contributed by atoms with E-state index in [2.05, 4.69) is 10.2 Å². The van der Waals surface area contributed by atoms with Gasteiger partial charge in [0.05, 0.1) is 23.3 Å². The van der Waals surface area contributed by atoms with E-state index >= 15 is 0 Å². The van der Waals surface area contributed by atoms with Gasteiger partial charge in [0.25, 0.3) is 5.91 Å². The highest BCUT2D eigenvalue weighted by Gasteiger charge is 2.32. The minimum absolute atomic E-state index is 0.0428. The molecule has 0 radical (unpaired) electrons. The molecule has 0 aromatic heterocycles. The maximum Gasteiger partial charge on any atom is 0.252 e. The second kappa shape index (κ2) is 6.53. The molecule has 2 atom stereocenters. The topological polar surface area (TPSA) is 41.6 Å². The van der Waals surface area contributed by atoms with E-state index in [0.717, 1.165) is 19.7 Å². The maximum atomic E-state index is 12.2. The zero-order valence-electron chi connectivity index (χ0n) is 11.6. The van der Waals surface area contributed by atoms with Crippen LogP contribution in [0.2, 0.25) is 10.0 Å². The fourth-order valence-electron chi connectivity index (χ4n) is 2.98. The Morgan fingerprint density at radius 3 is 3.14 bits per heavy atom. The van der Waals surface area contributed by atoms with Crippen molar-refractivity contribution in [2.75, 3.05) is 26.2 Å². The predicted octanol–water partition coefficient (Wildman–Crippen LogP) is 2.59. The summed E-state index contributed by atoms with van der Waals surface area (Å²) in [5, 5.41) is 3.79. The molecule has 0 aliphatic carbocycles. The number of rotatable bonds is 3. The second-order valence-corrected chi connectivity index (χ2v) is 6.42. The van der Waals surface area contributed by atoms with Crippen molar-refractivity contribution in [1.82, 2.24) is 10.2 Å². The van der Waals surface area contributed by atoms with Crippen LogP contribution in [0.5, 0.6) is 0 Å². The van der Waals surface area contributed by atoms with Crippen LogP contribution in [0.15, 0.2) is 18.2 Å². The molecule has 2 aliphatic rings. The van der Waals surface area contributed by atoms with Gasteiger partial charge < -0.3 is 10.1 Å². The summed E-state index contributed by atoms with van der Waals surface area (Å²) in [7, 11) is 0. The maximum absolute atomic E-state index is 12.2. The van der Waals surface area contributed by atoms with Crippen molar-refractivity contribution in [3.8, 4) is 0 Å². The number of carbonyl (C=O) groups is 1. The summed E-state index contributed by atoms with van der Waals surface area (Å²) in [6.07, 6.45) is 2.50. The van der Waals surface area contributed by atoms with E-state index in [9.17, 15) is 4.79 Å². The van der Waals surface area contributed by atoms with Gasteiger partial charge in [-0.25, -0.2) is 0 Å². The number of nitrogens with one attached hydrogen (secondary N) is 1. The number of morpholine rings is 1. The lowest BCUT2D eigenvalue weighted by molar-refractivity contribution is -0.0461. The summed E-state index contributed by atoms with van der Waals surface area (Å²) in [6.45, 7) is 3.27. The Bertz CT molecular complexity index is 538. The van der Waals surface area contributed by atoms with Crippen molar-refractivity contribution >= 4 is 29.1 Å². The molecule has 6 heteroatoms. The van der Waals surface area contributed by atoms with E-state index in [1.54, 1.807) is 18.2 Å². The Balaban J connectivity index is 1.55. The molecule has 21 heavy (non-hydrogen) atoms. The van der Waals surface area contributed by atoms with Crippen molar-refractivity contribution in [3.63, 3.8) is 0 Å². The van der Waals surface area contributed by atoms with Crippen LogP contribution >= 0.6 is 23.2 Å². The Kier molecular flexibility index (Phi) is 4.69. The van der Waals surface area contributed by atoms with Crippen LogP contribution in [0.3, 0.4) is 0 Å². The lowest BCUT2D eigenvalue weighted by atomic mass is 10.1. The first-order valence-electron chi connectivity index (χ1n) is 7.22. The highest BCUT2D eigenvalue weighted by Crippen LogP contribution is 2.23. The first-order chi connectivity index (χ1) is 10.1. The number of benzene rings is 1. The Morgan fingerprint density at radius 1 is 1.43 bits per heavy atom. The van der Waals surface area contributed by atoms with E-state index in [0.29, 0.717) is 28.2 Å². The molecule has 0 unspecified atom stereocenters. The van der Waals surface area contributed by atoms with E-state index in [4.69, 9.17) is 27.9 Å². The molecule has 0 saturated carbocycles. The molecular formula is C15H18Cl2N2O2. The summed E-state index contributed by atoms with van der Waals surface area (Å²) in [6, 6.07) is 5.44. The van der Waals surface area contributed by atoms with Gasteiger partial charge in [-0.2, -0.15) is 0 Å². The number of nitrogens with zero attached hydrogens (tertiary/aromatic N) is 1. The number of halogens is 2. The standard InChI is InChI=1S/C15H18Cl2N2O2/c16-10-3-4-14(17)13(6-10)15(20)18-7-12-8-19-5-1-2-11(19)9-21-12/h3-4,6,11-12H,1-2,5,7-9H2,(H,18,20)/t11-,12+/m1/s1. The highest BCUT2D eigenvalue weighted by atomic mass is 35.5. The van der Waals surface area contributed by atoms with Crippen LogP contribution in [0, 0.1) is 0 Å². The summed E-state index contributed by atoms with van der Waals surface area (Å²) < 4.78 is 5.82. The van der Waals surface area contributed by atoms with Crippen LogP contribution in [-0.4, -0.2) is 49.2 Å². The van der Waals surface area contributed by atoms with Gasteiger partial charge in [0.1, 0.15) is 0 Å². The predicted molar refractivity (Wildman–Crippen MR) is 83.1 cm³/mol. The Hall–Kier alpha value is -0.810. The summed E-state index contributed by atoms with van der Waals surface area (Å²) in [4.78, 5) is 14.6. The van der Waals surface area contributed by atoms with Crippen LogP contribution < -0.4 is 5.32 Å². The van der Waals surface area contributed by atoms with Gasteiger partial charge in [-0.3, -0.25) is 9.69 Å². The minimum atomic E-state index is -0.213. The largest absolute Gasteiger partial charge is 0.373 e. The van der Waals surface area contributed by atoms with Crippen LogP contribution in [0.25, 0.3) is 0 Å². The van der Waals surface area contributed by atoms with Gasteiger partial charge in [0, 0.05) is 24.2 Å². The third-order valence-electron chi connectivity index (χ3n) is 4.12. The summed E-state index contributed by atoms with van der Waals surface area (Å²) in [5.41, 5.74) is 0.402.